The minimum absolute atomic E-state index is 0. The van der Waals surface area contributed by atoms with Gasteiger partial charge in [0.15, 0.2) is 0 Å². The zero-order valence-corrected chi connectivity index (χ0v) is 9.00. The molecule has 0 aromatic heterocycles. The molecule has 2 nitrogen and oxygen atoms in total. The first-order valence-corrected chi connectivity index (χ1v) is 2.98. The number of thiol groups is 1. The quantitative estimate of drug-likeness (QED) is 0.746. The summed E-state index contributed by atoms with van der Waals surface area (Å²) < 4.78 is 0. The van der Waals surface area contributed by atoms with Gasteiger partial charge in [-0.05, 0) is 13.8 Å². The van der Waals surface area contributed by atoms with Crippen molar-refractivity contribution < 1.29 is 30.3 Å². The zero-order valence-electron chi connectivity index (χ0n) is 5.39. The molecule has 55 valence electrons. The normalized spacial score (nSPS) is 10.1. The molecule has 0 amide bonds. The topological polar surface area (TPSA) is 37.3 Å². The van der Waals surface area contributed by atoms with Gasteiger partial charge in [0.1, 0.15) is 0 Å². The van der Waals surface area contributed by atoms with Gasteiger partial charge in [0.2, 0.25) is 0 Å². The van der Waals surface area contributed by atoms with Crippen molar-refractivity contribution in [2.24, 2.45) is 5.41 Å². The summed E-state index contributed by atoms with van der Waals surface area (Å²) in [5.74, 6) is -0.421. The average Bonchev–Trinajstić information content (AvgIpc) is 1.67. The Morgan fingerprint density at radius 2 is 2.00 bits per heavy atom. The number of rotatable bonds is 2. The van der Waals surface area contributed by atoms with Crippen molar-refractivity contribution in [3.8, 4) is 0 Å². The Bertz CT molecular complexity index is 103. The maximum Gasteiger partial charge on any atom is 0.309 e. The van der Waals surface area contributed by atoms with E-state index in [1.807, 2.05) is 0 Å². The molecule has 0 aliphatic heterocycles. The number of carboxylic acids is 1. The summed E-state index contributed by atoms with van der Waals surface area (Å²) >= 11 is 3.86. The molecule has 0 saturated carbocycles. The van der Waals surface area contributed by atoms with E-state index in [1.54, 1.807) is 13.8 Å². The van der Waals surface area contributed by atoms with Crippen LogP contribution >= 0.6 is 12.6 Å². The molecule has 0 saturated heterocycles. The molecule has 0 aliphatic rings. The number of carbonyl (C=O) groups is 1. The summed E-state index contributed by atoms with van der Waals surface area (Å²) in [6.07, 6.45) is 0. The summed E-state index contributed by atoms with van der Waals surface area (Å²) in [4.78, 5) is 10.2. The Morgan fingerprint density at radius 1 is 1.67 bits per heavy atom. The second kappa shape index (κ2) is 4.32. The van der Waals surface area contributed by atoms with Gasteiger partial charge >= 0.3 is 5.97 Å². The van der Waals surface area contributed by atoms with Crippen molar-refractivity contribution in [3.05, 3.63) is 0 Å². The van der Waals surface area contributed by atoms with Gasteiger partial charge in [0.25, 0.3) is 0 Å². The smallest absolute Gasteiger partial charge is 0.309 e. The molecule has 0 bridgehead atoms. The van der Waals surface area contributed by atoms with Crippen molar-refractivity contribution in [1.29, 1.82) is 0 Å². The average molecular weight is 320 g/mol. The van der Waals surface area contributed by atoms with Crippen LogP contribution < -0.4 is 0 Å². The molecule has 0 unspecified atom stereocenters. The van der Waals surface area contributed by atoms with Gasteiger partial charge in [-0.1, -0.05) is 0 Å². The maximum atomic E-state index is 10.2. The molecule has 4 heteroatoms. The fourth-order valence-electron chi connectivity index (χ4n) is 0.0676. The largest absolute Gasteiger partial charge is 0.481 e. The number of aliphatic carboxylic acids is 1. The number of hydrogen-bond donors (Lipinski definition) is 2. The monoisotopic (exact) mass is 321 g/mol. The van der Waals surface area contributed by atoms with Crippen molar-refractivity contribution in [2.45, 2.75) is 13.8 Å². The van der Waals surface area contributed by atoms with Gasteiger partial charge in [-0.15, -0.1) is 0 Å². The van der Waals surface area contributed by atoms with Crippen molar-refractivity contribution in [1.82, 2.24) is 0 Å². The van der Waals surface area contributed by atoms with Crippen molar-refractivity contribution >= 4 is 18.6 Å². The minimum Gasteiger partial charge on any atom is -0.481 e. The molecule has 0 aromatic carbocycles. The van der Waals surface area contributed by atoms with Gasteiger partial charge in [-0.25, -0.2) is 0 Å². The van der Waals surface area contributed by atoms with Crippen LogP contribution in [0.3, 0.4) is 0 Å². The third-order valence-corrected chi connectivity index (χ3v) is 1.76. The third kappa shape index (κ3) is 3.96. The van der Waals surface area contributed by atoms with Crippen LogP contribution in [0, 0.1) is 5.41 Å². The number of hydrogen-bond acceptors (Lipinski definition) is 2. The molecule has 0 aliphatic carbocycles. The molecular formula is C5H10O2ReS. The molecule has 0 aromatic rings. The van der Waals surface area contributed by atoms with Crippen LogP contribution in [0.2, 0.25) is 0 Å². The molecule has 1 N–H and O–H groups in total. The SMILES string of the molecule is CC(C)(CS)C(=O)O.[Re]. The number of carboxylic acid groups (broad SMARTS) is 1. The first-order chi connectivity index (χ1) is 3.50. The van der Waals surface area contributed by atoms with Gasteiger partial charge in [0.05, 0.1) is 5.41 Å². The molecule has 0 spiro atoms. The second-order valence-electron chi connectivity index (χ2n) is 2.35. The first kappa shape index (κ1) is 12.2. The summed E-state index contributed by atoms with van der Waals surface area (Å²) in [6, 6.07) is 0. The molecule has 0 rings (SSSR count). The molecular weight excluding hydrogens is 310 g/mol. The predicted octanol–water partition coefficient (Wildman–Crippen LogP) is 1.02. The Hall–Kier alpha value is 0.482. The Kier molecular flexibility index (Phi) is 5.85. The maximum absolute atomic E-state index is 10.2. The first-order valence-electron chi connectivity index (χ1n) is 2.35. The van der Waals surface area contributed by atoms with Gasteiger partial charge in [0, 0.05) is 26.2 Å². The summed E-state index contributed by atoms with van der Waals surface area (Å²) in [6.45, 7) is 3.28. The van der Waals surface area contributed by atoms with Gasteiger partial charge in [-0.3, -0.25) is 4.79 Å². The fraction of sp³-hybridized carbons (Fsp3) is 0.800. The van der Waals surface area contributed by atoms with E-state index in [-0.39, 0.29) is 20.4 Å². The molecule has 9 heavy (non-hydrogen) atoms. The van der Waals surface area contributed by atoms with E-state index in [1.165, 1.54) is 0 Å². The van der Waals surface area contributed by atoms with Crippen LogP contribution in [-0.4, -0.2) is 16.8 Å². The molecule has 1 radical (unpaired) electrons. The Balaban J connectivity index is 0. The summed E-state index contributed by atoms with van der Waals surface area (Å²) in [5, 5.41) is 8.39. The van der Waals surface area contributed by atoms with Crippen LogP contribution in [0.25, 0.3) is 0 Å². The van der Waals surface area contributed by atoms with E-state index in [0.717, 1.165) is 0 Å². The standard InChI is InChI=1S/C5H10O2S.Re/c1-5(2,3-8)4(6)7;/h8H,3H2,1-2H3,(H,6,7);. The van der Waals surface area contributed by atoms with Crippen LogP contribution in [0.4, 0.5) is 0 Å². The molecule has 0 fully saturated rings. The van der Waals surface area contributed by atoms with Crippen LogP contribution in [0.15, 0.2) is 0 Å². The van der Waals surface area contributed by atoms with Gasteiger partial charge < -0.3 is 5.11 Å². The van der Waals surface area contributed by atoms with E-state index in [4.69, 9.17) is 5.11 Å². The van der Waals surface area contributed by atoms with Crippen molar-refractivity contribution in [3.63, 3.8) is 0 Å². The molecule has 0 atom stereocenters. The summed E-state index contributed by atoms with van der Waals surface area (Å²) in [5.41, 5.74) is -0.677. The van der Waals surface area contributed by atoms with Crippen LogP contribution in [0.1, 0.15) is 13.8 Å². The predicted molar refractivity (Wildman–Crippen MR) is 35.3 cm³/mol. The fourth-order valence-corrected chi connectivity index (χ4v) is 0.203. The third-order valence-electron chi connectivity index (χ3n) is 0.974. The van der Waals surface area contributed by atoms with E-state index < -0.39 is 11.4 Å². The second-order valence-corrected chi connectivity index (χ2v) is 2.66. The molecule has 0 heterocycles. The van der Waals surface area contributed by atoms with E-state index in [9.17, 15) is 4.79 Å². The van der Waals surface area contributed by atoms with Crippen LogP contribution in [-0.2, 0) is 25.2 Å². The van der Waals surface area contributed by atoms with Crippen LogP contribution in [0.5, 0.6) is 0 Å². The van der Waals surface area contributed by atoms with E-state index in [0.29, 0.717) is 5.75 Å². The minimum atomic E-state index is -0.799. The Labute approximate surface area is 74.1 Å². The Morgan fingerprint density at radius 3 is 2.00 bits per heavy atom. The van der Waals surface area contributed by atoms with E-state index >= 15 is 0 Å². The zero-order chi connectivity index (χ0) is 6.78. The van der Waals surface area contributed by atoms with Crippen molar-refractivity contribution in [2.75, 3.05) is 5.75 Å². The summed E-state index contributed by atoms with van der Waals surface area (Å²) in [7, 11) is 0. The van der Waals surface area contributed by atoms with Gasteiger partial charge in [-0.2, -0.15) is 12.6 Å². The van der Waals surface area contributed by atoms with E-state index in [2.05, 4.69) is 12.6 Å².